The summed E-state index contributed by atoms with van der Waals surface area (Å²) in [5.74, 6) is 1.54. The fourth-order valence-corrected chi connectivity index (χ4v) is 2.37. The molecule has 0 amide bonds. The van der Waals surface area contributed by atoms with E-state index in [4.69, 9.17) is 9.47 Å². The second-order valence-electron chi connectivity index (χ2n) is 5.52. The lowest BCUT2D eigenvalue weighted by molar-refractivity contribution is -0.896. The molecule has 0 radical (unpaired) electrons. The monoisotopic (exact) mass is 294 g/mol. The van der Waals surface area contributed by atoms with Gasteiger partial charge in [-0.25, -0.2) is 0 Å². The Morgan fingerprint density at radius 2 is 1.71 bits per heavy atom. The van der Waals surface area contributed by atoms with E-state index in [2.05, 4.69) is 45.9 Å². The van der Waals surface area contributed by atoms with E-state index in [1.165, 1.54) is 18.7 Å². The van der Waals surface area contributed by atoms with Crippen LogP contribution in [0.5, 0.6) is 5.75 Å². The van der Waals surface area contributed by atoms with Crippen molar-refractivity contribution in [2.24, 2.45) is 0 Å². The molecule has 0 aromatic heterocycles. The van der Waals surface area contributed by atoms with E-state index in [-0.39, 0.29) is 0 Å². The predicted octanol–water partition coefficient (Wildman–Crippen LogP) is 2.52. The molecule has 0 heterocycles. The molecule has 3 heteroatoms. The van der Waals surface area contributed by atoms with Gasteiger partial charge in [0.1, 0.15) is 18.9 Å². The third-order valence-corrected chi connectivity index (χ3v) is 4.15. The highest BCUT2D eigenvalue weighted by atomic mass is 16.5. The van der Waals surface area contributed by atoms with Crippen LogP contribution >= 0.6 is 0 Å². The van der Waals surface area contributed by atoms with Crippen molar-refractivity contribution in [3.05, 3.63) is 29.8 Å². The lowest BCUT2D eigenvalue weighted by Crippen LogP contribution is -3.11. The van der Waals surface area contributed by atoms with Crippen LogP contribution in [0.15, 0.2) is 24.3 Å². The number of nitrogens with one attached hydrogen (secondary N) is 1. The van der Waals surface area contributed by atoms with Gasteiger partial charge in [0.25, 0.3) is 0 Å². The number of ether oxygens (including phenoxy) is 2. The number of quaternary nitrogens is 1. The average Bonchev–Trinajstić information content (AvgIpc) is 2.54. The normalized spacial score (nSPS) is 12.6. The Balaban J connectivity index is 2.27. The Labute approximate surface area is 130 Å². The van der Waals surface area contributed by atoms with E-state index in [9.17, 15) is 0 Å². The highest BCUT2D eigenvalue weighted by molar-refractivity contribution is 5.35. The quantitative estimate of drug-likeness (QED) is 0.634. The number of hydrogen-bond acceptors (Lipinski definition) is 2. The molecule has 1 aromatic rings. The SMILES string of the molecule is CC[C@@H](C)c1ccccc1OCCOCC[NH+](CC)CC. The molecule has 21 heavy (non-hydrogen) atoms. The van der Waals surface area contributed by atoms with E-state index in [0.717, 1.165) is 25.3 Å². The first-order valence-electron chi connectivity index (χ1n) is 8.35. The molecular weight excluding hydrogens is 262 g/mol. The van der Waals surface area contributed by atoms with Crippen LogP contribution in [-0.4, -0.2) is 39.5 Å². The molecule has 120 valence electrons. The minimum Gasteiger partial charge on any atom is -0.491 e. The van der Waals surface area contributed by atoms with Crippen molar-refractivity contribution < 1.29 is 14.4 Å². The van der Waals surface area contributed by atoms with Crippen molar-refractivity contribution in [3.8, 4) is 5.75 Å². The first-order valence-corrected chi connectivity index (χ1v) is 8.35. The van der Waals surface area contributed by atoms with E-state index < -0.39 is 0 Å². The minimum absolute atomic E-state index is 0.536. The number of hydrogen-bond donors (Lipinski definition) is 1. The van der Waals surface area contributed by atoms with Gasteiger partial charge in [-0.15, -0.1) is 0 Å². The molecule has 0 saturated carbocycles. The molecule has 0 aliphatic rings. The van der Waals surface area contributed by atoms with Gasteiger partial charge in [0.2, 0.25) is 0 Å². The van der Waals surface area contributed by atoms with Crippen molar-refractivity contribution in [1.82, 2.24) is 0 Å². The molecule has 1 N–H and O–H groups in total. The summed E-state index contributed by atoms with van der Waals surface area (Å²) in [5.41, 5.74) is 1.30. The van der Waals surface area contributed by atoms with Gasteiger partial charge in [-0.1, -0.05) is 32.0 Å². The molecule has 0 spiro atoms. The number of benzene rings is 1. The lowest BCUT2D eigenvalue weighted by atomic mass is 9.98. The second-order valence-corrected chi connectivity index (χ2v) is 5.52. The highest BCUT2D eigenvalue weighted by Crippen LogP contribution is 2.28. The molecule has 1 rings (SSSR count). The Morgan fingerprint density at radius 3 is 2.38 bits per heavy atom. The van der Waals surface area contributed by atoms with Crippen molar-refractivity contribution in [2.75, 3.05) is 39.5 Å². The van der Waals surface area contributed by atoms with Crippen LogP contribution in [0, 0.1) is 0 Å². The van der Waals surface area contributed by atoms with Gasteiger partial charge < -0.3 is 14.4 Å². The summed E-state index contributed by atoms with van der Waals surface area (Å²) in [6, 6.07) is 8.33. The number of para-hydroxylation sites is 1. The van der Waals surface area contributed by atoms with Gasteiger partial charge >= 0.3 is 0 Å². The highest BCUT2D eigenvalue weighted by Gasteiger charge is 2.09. The second kappa shape index (κ2) is 10.6. The van der Waals surface area contributed by atoms with E-state index in [1.54, 1.807) is 4.90 Å². The molecule has 1 aromatic carbocycles. The molecule has 1 atom stereocenters. The maximum absolute atomic E-state index is 5.89. The molecule has 0 aliphatic carbocycles. The Hall–Kier alpha value is -1.06. The van der Waals surface area contributed by atoms with Gasteiger partial charge in [0, 0.05) is 0 Å². The molecule has 0 saturated heterocycles. The smallest absolute Gasteiger partial charge is 0.122 e. The van der Waals surface area contributed by atoms with E-state index >= 15 is 0 Å². The van der Waals surface area contributed by atoms with Crippen LogP contribution < -0.4 is 9.64 Å². The van der Waals surface area contributed by atoms with E-state index in [0.29, 0.717) is 19.1 Å². The Kier molecular flexibility index (Phi) is 9.11. The third-order valence-electron chi connectivity index (χ3n) is 4.15. The molecule has 0 unspecified atom stereocenters. The Morgan fingerprint density at radius 1 is 1.00 bits per heavy atom. The summed E-state index contributed by atoms with van der Waals surface area (Å²) >= 11 is 0. The summed E-state index contributed by atoms with van der Waals surface area (Å²) < 4.78 is 11.6. The topological polar surface area (TPSA) is 22.9 Å². The number of rotatable bonds is 11. The molecule has 0 fully saturated rings. The summed E-state index contributed by atoms with van der Waals surface area (Å²) in [7, 11) is 0. The maximum atomic E-state index is 5.89. The van der Waals surface area contributed by atoms with Crippen LogP contribution in [0.3, 0.4) is 0 Å². The largest absolute Gasteiger partial charge is 0.491 e. The van der Waals surface area contributed by atoms with Gasteiger partial charge in [-0.2, -0.15) is 0 Å². The average molecular weight is 294 g/mol. The van der Waals surface area contributed by atoms with Gasteiger partial charge in [0.15, 0.2) is 0 Å². The summed E-state index contributed by atoms with van der Waals surface area (Å²) in [5, 5.41) is 0. The first kappa shape index (κ1) is 18.0. The van der Waals surface area contributed by atoms with Crippen LogP contribution in [-0.2, 0) is 4.74 Å². The maximum Gasteiger partial charge on any atom is 0.122 e. The molecule has 3 nitrogen and oxygen atoms in total. The summed E-state index contributed by atoms with van der Waals surface area (Å²) in [6.45, 7) is 14.4. The first-order chi connectivity index (χ1) is 10.2. The van der Waals surface area contributed by atoms with Crippen molar-refractivity contribution in [2.45, 2.75) is 40.0 Å². The van der Waals surface area contributed by atoms with Crippen molar-refractivity contribution >= 4 is 0 Å². The van der Waals surface area contributed by atoms with Gasteiger partial charge in [0.05, 0.1) is 26.3 Å². The van der Waals surface area contributed by atoms with Crippen LogP contribution in [0.1, 0.15) is 45.6 Å². The van der Waals surface area contributed by atoms with Gasteiger partial charge in [-0.3, -0.25) is 0 Å². The van der Waals surface area contributed by atoms with Crippen LogP contribution in [0.4, 0.5) is 0 Å². The fourth-order valence-electron chi connectivity index (χ4n) is 2.37. The minimum atomic E-state index is 0.536. The molecule has 0 bridgehead atoms. The lowest BCUT2D eigenvalue weighted by Gasteiger charge is -2.17. The Bertz CT molecular complexity index is 377. The zero-order chi connectivity index (χ0) is 15.5. The molecular formula is C18H32NO2+. The van der Waals surface area contributed by atoms with Crippen LogP contribution in [0.25, 0.3) is 0 Å². The zero-order valence-electron chi connectivity index (χ0n) is 14.2. The van der Waals surface area contributed by atoms with E-state index in [1.807, 2.05) is 6.07 Å². The number of likely N-dealkylation sites (N-methyl/N-ethyl adjacent to an activating group) is 1. The standard InChI is InChI=1S/C18H31NO2/c1-5-16(4)17-10-8-9-11-18(17)21-15-14-20-13-12-19(6-2)7-3/h8-11,16H,5-7,12-15H2,1-4H3/p+1/t16-/m1/s1. The van der Waals surface area contributed by atoms with Crippen molar-refractivity contribution in [3.63, 3.8) is 0 Å². The van der Waals surface area contributed by atoms with Crippen LogP contribution in [0.2, 0.25) is 0 Å². The summed E-state index contributed by atoms with van der Waals surface area (Å²) in [6.07, 6.45) is 1.13. The zero-order valence-corrected chi connectivity index (χ0v) is 14.2. The third kappa shape index (κ3) is 6.49. The van der Waals surface area contributed by atoms with Crippen molar-refractivity contribution in [1.29, 1.82) is 0 Å². The fraction of sp³-hybridized carbons (Fsp3) is 0.667. The summed E-state index contributed by atoms with van der Waals surface area (Å²) in [4.78, 5) is 1.58. The molecule has 0 aliphatic heterocycles. The van der Waals surface area contributed by atoms with Gasteiger partial charge in [-0.05, 0) is 37.8 Å². The predicted molar refractivity (Wildman–Crippen MR) is 88.4 cm³/mol.